The van der Waals surface area contributed by atoms with Crippen LogP contribution in [-0.4, -0.2) is 65.5 Å². The lowest BCUT2D eigenvalue weighted by atomic mass is 10.2. The van der Waals surface area contributed by atoms with Crippen molar-refractivity contribution in [1.29, 1.82) is 0 Å². The number of carbonyl (C=O) groups is 4. The van der Waals surface area contributed by atoms with Crippen molar-refractivity contribution < 1.29 is 38.1 Å². The Hall–Kier alpha value is -9.40. The lowest BCUT2D eigenvalue weighted by Crippen LogP contribution is -2.26. The number of benzene rings is 4. The van der Waals surface area contributed by atoms with Gasteiger partial charge in [0, 0.05) is 48.7 Å². The number of aromatic nitrogens is 6. The number of para-hydroxylation sites is 2. The first-order chi connectivity index (χ1) is 36.1. The molecule has 4 N–H and O–H groups in total. The third kappa shape index (κ3) is 10.9. The minimum absolute atomic E-state index is 0.0266. The smallest absolute Gasteiger partial charge is 0.284 e. The number of ether oxygens (including phenoxy) is 4. The highest BCUT2D eigenvalue weighted by Gasteiger charge is 2.31. The van der Waals surface area contributed by atoms with Crippen molar-refractivity contribution >= 4 is 46.6 Å². The van der Waals surface area contributed by atoms with Gasteiger partial charge in [-0.2, -0.15) is 0 Å². The Bertz CT molecular complexity index is 3490. The van der Waals surface area contributed by atoms with E-state index in [9.17, 15) is 28.8 Å². The van der Waals surface area contributed by atoms with Gasteiger partial charge in [-0.05, 0) is 97.8 Å². The van der Waals surface area contributed by atoms with E-state index in [1.54, 1.807) is 83.7 Å². The Balaban J connectivity index is 0.000000170. The van der Waals surface area contributed by atoms with Crippen molar-refractivity contribution in [2.45, 2.75) is 46.1 Å². The SMILES string of the molecule is CC(=O)Nc1cc(Oc2ccc(NC(=O)c3c4n(n(-c5ccccc5)c3=O)CCOC4)cc2)ccn1.O=C(Nc1ccc(Oc2ccnc(NC(=O)C3CC3)c2)cc1)c1c2n(n(-c3ccccc3)c1=O)CCOC2. The molecule has 20 heteroatoms. The van der Waals surface area contributed by atoms with Gasteiger partial charge >= 0.3 is 0 Å². The summed E-state index contributed by atoms with van der Waals surface area (Å²) in [5.41, 5.74) is 2.80. The van der Waals surface area contributed by atoms with Gasteiger partial charge < -0.3 is 40.2 Å². The third-order valence-corrected chi connectivity index (χ3v) is 12.0. The molecule has 1 aliphatic carbocycles. The van der Waals surface area contributed by atoms with Gasteiger partial charge in [0.15, 0.2) is 0 Å². The fourth-order valence-electron chi connectivity index (χ4n) is 8.40. The molecule has 0 saturated heterocycles. The average molecular weight is 997 g/mol. The second kappa shape index (κ2) is 21.5. The molecule has 4 aromatic carbocycles. The number of hydrogen-bond acceptors (Lipinski definition) is 12. The Labute approximate surface area is 422 Å². The zero-order valence-electron chi connectivity index (χ0n) is 39.9. The van der Waals surface area contributed by atoms with Gasteiger partial charge in [0.2, 0.25) is 11.8 Å². The van der Waals surface area contributed by atoms with Crippen LogP contribution >= 0.6 is 0 Å². The number of pyridine rings is 2. The van der Waals surface area contributed by atoms with E-state index in [0.717, 1.165) is 12.8 Å². The number of hydrogen-bond donors (Lipinski definition) is 4. The van der Waals surface area contributed by atoms with E-state index in [1.807, 2.05) is 65.3 Å². The van der Waals surface area contributed by atoms with E-state index in [2.05, 4.69) is 31.2 Å². The molecule has 74 heavy (non-hydrogen) atoms. The van der Waals surface area contributed by atoms with Crippen LogP contribution in [-0.2, 0) is 45.4 Å². The molecule has 1 saturated carbocycles. The van der Waals surface area contributed by atoms with E-state index in [1.165, 1.54) is 22.5 Å². The number of fused-ring (bicyclic) bond motifs is 2. The van der Waals surface area contributed by atoms with Gasteiger partial charge in [-0.25, -0.2) is 19.3 Å². The molecule has 11 rings (SSSR count). The Kier molecular flexibility index (Phi) is 14.0. The van der Waals surface area contributed by atoms with E-state index < -0.39 is 22.9 Å². The van der Waals surface area contributed by atoms with E-state index in [0.29, 0.717) is 95.1 Å². The number of carbonyl (C=O) groups excluding carboxylic acids is 4. The molecule has 1 fully saturated rings. The van der Waals surface area contributed by atoms with E-state index in [4.69, 9.17) is 18.9 Å². The van der Waals surface area contributed by atoms with Crippen LogP contribution in [0.15, 0.2) is 155 Å². The van der Waals surface area contributed by atoms with Crippen LogP contribution in [0.25, 0.3) is 11.4 Å². The molecule has 0 atom stereocenters. The maximum atomic E-state index is 13.4. The highest BCUT2D eigenvalue weighted by molar-refractivity contribution is 6.05. The Morgan fingerprint density at radius 1 is 0.541 bits per heavy atom. The molecule has 0 bridgehead atoms. The summed E-state index contributed by atoms with van der Waals surface area (Å²) < 4.78 is 29.5. The quantitative estimate of drug-likeness (QED) is 0.0878. The number of anilines is 4. The molecule has 0 unspecified atom stereocenters. The van der Waals surface area contributed by atoms with Gasteiger partial charge in [-0.15, -0.1) is 0 Å². The van der Waals surface area contributed by atoms with E-state index in [-0.39, 0.29) is 42.1 Å². The first-order valence-electron chi connectivity index (χ1n) is 23.7. The summed E-state index contributed by atoms with van der Waals surface area (Å²) in [4.78, 5) is 84.5. The number of amides is 4. The van der Waals surface area contributed by atoms with Crippen molar-refractivity contribution in [2.24, 2.45) is 5.92 Å². The van der Waals surface area contributed by atoms with Crippen molar-refractivity contribution in [2.75, 3.05) is 34.5 Å². The number of rotatable bonds is 13. The standard InChI is InChI=1S/C28H25N5O5.C26H23N5O5/c34-26(18-6-7-18)31-24-16-22(12-13-29-24)38-21-10-8-19(9-11-21)30-27(35)25-23-17-37-15-14-32(23)33(28(25)36)20-4-2-1-3-5-20;1-17(32)28-23-15-21(11-12-27-23)36-20-9-7-18(8-10-20)29-25(33)24-22-16-35-14-13-30(22)31(26(24)34)19-5-3-2-4-6-19/h1-5,8-13,16,18H,6-7,14-15,17H2,(H,30,35)(H,29,31,34);2-12,15H,13-14,16H2,1H3,(H,29,33)(H,27,28,32). The molecule has 0 spiro atoms. The van der Waals surface area contributed by atoms with Gasteiger partial charge in [0.25, 0.3) is 22.9 Å². The lowest BCUT2D eigenvalue weighted by Gasteiger charge is -2.19. The van der Waals surface area contributed by atoms with Crippen LogP contribution in [0.2, 0.25) is 0 Å². The van der Waals surface area contributed by atoms with Crippen molar-refractivity contribution in [3.63, 3.8) is 0 Å². The number of nitrogens with one attached hydrogen (secondary N) is 4. The van der Waals surface area contributed by atoms with Gasteiger partial charge in [-0.3, -0.25) is 38.1 Å². The minimum atomic E-state index is -0.508. The Morgan fingerprint density at radius 3 is 1.39 bits per heavy atom. The molecule has 2 aliphatic heterocycles. The predicted octanol–water partition coefficient (Wildman–Crippen LogP) is 7.52. The lowest BCUT2D eigenvalue weighted by molar-refractivity contribution is -0.117. The summed E-state index contributed by atoms with van der Waals surface area (Å²) in [5, 5.41) is 11.0. The monoisotopic (exact) mass is 996 g/mol. The molecule has 3 aliphatic rings. The van der Waals surface area contributed by atoms with E-state index >= 15 is 0 Å². The molecule has 4 amide bonds. The third-order valence-electron chi connectivity index (χ3n) is 12.0. The van der Waals surface area contributed by atoms with Crippen LogP contribution in [0.1, 0.15) is 51.9 Å². The first kappa shape index (κ1) is 48.2. The fraction of sp³-hybridized carbons (Fsp3) is 0.185. The average Bonchev–Trinajstić information content (AvgIpc) is 4.16. The second-order valence-electron chi connectivity index (χ2n) is 17.3. The second-order valence-corrected chi connectivity index (χ2v) is 17.3. The first-order valence-corrected chi connectivity index (χ1v) is 23.7. The summed E-state index contributed by atoms with van der Waals surface area (Å²) in [6, 6.07) is 38.6. The zero-order valence-corrected chi connectivity index (χ0v) is 39.9. The normalized spacial score (nSPS) is 13.5. The zero-order chi connectivity index (χ0) is 51.1. The molecular weight excluding hydrogens is 949 g/mol. The van der Waals surface area contributed by atoms with Crippen LogP contribution in [0, 0.1) is 5.92 Å². The van der Waals surface area contributed by atoms with Gasteiger partial charge in [-0.1, -0.05) is 36.4 Å². The van der Waals surface area contributed by atoms with Gasteiger partial charge in [0.05, 0.1) is 62.3 Å². The highest BCUT2D eigenvalue weighted by atomic mass is 16.5. The number of nitrogens with zero attached hydrogens (tertiary/aromatic N) is 6. The van der Waals surface area contributed by atoms with Crippen molar-refractivity contribution in [3.8, 4) is 34.4 Å². The predicted molar refractivity (Wildman–Crippen MR) is 272 cm³/mol. The molecule has 8 aromatic rings. The largest absolute Gasteiger partial charge is 0.457 e. The van der Waals surface area contributed by atoms with Crippen LogP contribution in [0.4, 0.5) is 23.0 Å². The van der Waals surface area contributed by atoms with Gasteiger partial charge in [0.1, 0.15) is 45.8 Å². The fourth-order valence-corrected chi connectivity index (χ4v) is 8.40. The summed E-state index contributed by atoms with van der Waals surface area (Å²) in [6.07, 6.45) is 4.92. The van der Waals surface area contributed by atoms with Crippen LogP contribution < -0.4 is 41.9 Å². The maximum Gasteiger partial charge on any atom is 0.284 e. The molecule has 0 radical (unpaired) electrons. The maximum absolute atomic E-state index is 13.4. The topological polar surface area (TPSA) is 233 Å². The van der Waals surface area contributed by atoms with Crippen molar-refractivity contribution in [3.05, 3.63) is 189 Å². The minimum Gasteiger partial charge on any atom is -0.457 e. The Morgan fingerprint density at radius 2 is 0.973 bits per heavy atom. The highest BCUT2D eigenvalue weighted by Crippen LogP contribution is 2.31. The summed E-state index contributed by atoms with van der Waals surface area (Å²) in [6.45, 7) is 3.62. The van der Waals surface area contributed by atoms with Crippen LogP contribution in [0.3, 0.4) is 0 Å². The van der Waals surface area contributed by atoms with Crippen molar-refractivity contribution in [1.82, 2.24) is 28.7 Å². The molecule has 4 aromatic heterocycles. The summed E-state index contributed by atoms with van der Waals surface area (Å²) in [7, 11) is 0. The molecular formula is C54H48N10O10. The summed E-state index contributed by atoms with van der Waals surface area (Å²) in [5.74, 6) is 1.70. The van der Waals surface area contributed by atoms with Crippen LogP contribution in [0.5, 0.6) is 23.0 Å². The summed E-state index contributed by atoms with van der Waals surface area (Å²) >= 11 is 0. The molecule has 20 nitrogen and oxygen atoms in total. The molecule has 6 heterocycles. The molecule has 374 valence electrons.